The van der Waals surface area contributed by atoms with Crippen molar-refractivity contribution in [3.05, 3.63) is 0 Å². The Balaban J connectivity index is 2.63. The summed E-state index contributed by atoms with van der Waals surface area (Å²) in [7, 11) is 2.96. The monoisotopic (exact) mass is 1260 g/mol. The quantitative estimate of drug-likeness (QED) is 0.0203. The summed E-state index contributed by atoms with van der Waals surface area (Å²) in [6.45, 7) is 5.61. The molecule has 31 heteroatoms. The summed E-state index contributed by atoms with van der Waals surface area (Å²) >= 11 is 0. The smallest absolute Gasteiger partial charge is 0.222 e. The Hall–Kier alpha value is -3.94. The molecule has 1 saturated heterocycles. The zero-order valence-electron chi connectivity index (χ0n) is 51.9. The summed E-state index contributed by atoms with van der Waals surface area (Å²) in [4.78, 5) is 73.0. The average Bonchev–Trinajstić information content (AvgIpc) is 1.98. The zero-order chi connectivity index (χ0) is 65.0. The van der Waals surface area contributed by atoms with Crippen molar-refractivity contribution in [1.29, 1.82) is 0 Å². The molecule has 87 heavy (non-hydrogen) atoms. The first kappa shape index (κ1) is 81.1. The normalized spacial score (nSPS) is 20.4. The van der Waals surface area contributed by atoms with E-state index < -0.39 is 123 Å². The van der Waals surface area contributed by atoms with Gasteiger partial charge in [-0.2, -0.15) is 0 Å². The minimum absolute atomic E-state index is 0.0485. The molecule has 0 aromatic carbocycles. The summed E-state index contributed by atoms with van der Waals surface area (Å²) in [5.74, 6) is -2.13. The van der Waals surface area contributed by atoms with E-state index in [0.717, 1.165) is 25.7 Å². The second kappa shape index (κ2) is 48.9. The van der Waals surface area contributed by atoms with Gasteiger partial charge in [0.15, 0.2) is 18.7 Å². The van der Waals surface area contributed by atoms with Crippen LogP contribution in [0.3, 0.4) is 0 Å². The average molecular weight is 1260 g/mol. The Morgan fingerprint density at radius 1 is 0.563 bits per heavy atom. The van der Waals surface area contributed by atoms with Crippen LogP contribution in [0.25, 0.3) is 0 Å². The lowest BCUT2D eigenvalue weighted by atomic mass is 9.97. The molecule has 0 bridgehead atoms. The molecular weight excluding hydrogens is 1150 g/mol. The molecule has 1 heterocycles. The molecule has 0 aliphatic carbocycles. The molecule has 1 aliphatic rings. The van der Waals surface area contributed by atoms with Gasteiger partial charge in [0.25, 0.3) is 0 Å². The number of nitrogens with one attached hydrogen (secondary N) is 7. The topological polar surface area (TPSA) is 452 Å². The van der Waals surface area contributed by atoms with Gasteiger partial charge in [-0.25, -0.2) is 0 Å². The molecule has 1 aliphatic heterocycles. The van der Waals surface area contributed by atoms with Gasteiger partial charge in [-0.1, -0.05) is 38.5 Å². The molecule has 16 N–H and O–H groups in total. The van der Waals surface area contributed by atoms with Crippen LogP contribution < -0.4 is 37.2 Å². The lowest BCUT2D eigenvalue weighted by Crippen LogP contribution is -2.64. The molecule has 31 nitrogen and oxygen atoms in total. The van der Waals surface area contributed by atoms with Crippen molar-refractivity contribution in [1.82, 2.24) is 37.2 Å². The molecule has 6 amide bonds. The van der Waals surface area contributed by atoms with E-state index in [0.29, 0.717) is 71.0 Å². The number of hydrogen-bond acceptors (Lipinski definition) is 25. The zero-order valence-corrected chi connectivity index (χ0v) is 51.9. The van der Waals surface area contributed by atoms with E-state index in [4.69, 9.17) is 42.6 Å². The van der Waals surface area contributed by atoms with Gasteiger partial charge in [0.05, 0.1) is 71.1 Å². The molecular formula is C56H107N7O24. The van der Waals surface area contributed by atoms with Crippen LogP contribution in [0.4, 0.5) is 0 Å². The first-order valence-electron chi connectivity index (χ1n) is 30.2. The fourth-order valence-electron chi connectivity index (χ4n) is 8.66. The summed E-state index contributed by atoms with van der Waals surface area (Å²) in [5, 5.41) is 109. The lowest BCUT2D eigenvalue weighted by molar-refractivity contribution is -0.270. The third kappa shape index (κ3) is 36.5. The van der Waals surface area contributed by atoms with E-state index in [-0.39, 0.29) is 96.4 Å². The van der Waals surface area contributed by atoms with Crippen LogP contribution in [-0.4, -0.2) is 280 Å². The summed E-state index contributed by atoms with van der Waals surface area (Å²) < 4.78 is 50.9. The van der Waals surface area contributed by atoms with Gasteiger partial charge >= 0.3 is 0 Å². The summed E-state index contributed by atoms with van der Waals surface area (Å²) in [6, 6.07) is -1.02. The first-order valence-corrected chi connectivity index (χ1v) is 30.2. The number of unbranched alkanes of at least 4 members (excludes halogenated alkanes) is 9. The lowest BCUT2D eigenvalue weighted by Gasteiger charge is -2.42. The Bertz CT molecular complexity index is 1850. The molecule has 14 unspecified atom stereocenters. The molecule has 0 spiro atoms. The van der Waals surface area contributed by atoms with Crippen LogP contribution in [0, 0.1) is 0 Å². The molecule has 1 fully saturated rings. The van der Waals surface area contributed by atoms with Crippen molar-refractivity contribution in [2.24, 2.45) is 0 Å². The standard InChI is InChI=1S/C56H107N7O24/c1-37(67)41(31-64)86-55(52(78)62-39(3)69)85-27-18-12-9-15-24-60-46(73)21-30-82-36-56(57-5,34-80-28-19-44(71)58-22-13-7-10-16-25-83-53(63-40(4)70)51(77)48(74)42(32-65)79-6)35-81-29-20-45(72)59-23-14-8-11-17-26-84-54-47(61-38(2)68)50(76)49(75)43(33-66)87-54/h37,41-43,47-55,57,64-67,74-78H,7-36H2,1-6H3,(H,58,71)(H,59,72)(H,60,73)(H,61,68)(H,62,69)(H,63,70). The van der Waals surface area contributed by atoms with Crippen molar-refractivity contribution in [3.63, 3.8) is 0 Å². The van der Waals surface area contributed by atoms with Crippen LogP contribution in [0.15, 0.2) is 0 Å². The number of hydrogen-bond donors (Lipinski definition) is 16. The van der Waals surface area contributed by atoms with Crippen LogP contribution >= 0.6 is 0 Å². The third-order valence-electron chi connectivity index (χ3n) is 13.9. The number of aliphatic hydroxyl groups is 9. The van der Waals surface area contributed by atoms with Gasteiger partial charge in [0.1, 0.15) is 48.8 Å². The molecule has 0 aromatic heterocycles. The highest BCUT2D eigenvalue weighted by atomic mass is 16.7. The number of rotatable bonds is 54. The van der Waals surface area contributed by atoms with E-state index in [1.807, 2.05) is 0 Å². The number of carbonyl (C=O) groups is 6. The van der Waals surface area contributed by atoms with Crippen molar-refractivity contribution in [3.8, 4) is 0 Å². The van der Waals surface area contributed by atoms with Crippen molar-refractivity contribution >= 4 is 35.4 Å². The van der Waals surface area contributed by atoms with Crippen molar-refractivity contribution in [2.75, 3.05) is 113 Å². The molecule has 0 radical (unpaired) electrons. The first-order chi connectivity index (χ1) is 41.6. The third-order valence-corrected chi connectivity index (χ3v) is 13.9. The molecule has 510 valence electrons. The SMILES string of the molecule is CNC(COCCC(=O)NCCCCCCOC(NC(C)=O)C(O)C(O)C(CO)OC)(COCCC(=O)NCCCCCCOC(OC(CO)C(C)O)C(O)NC(C)=O)COCCC(=O)NCCCCCCOC1OC(CO)C(O)C(O)C1NC(C)=O. The maximum atomic E-state index is 12.7. The Kier molecular flexibility index (Phi) is 45.5. The van der Waals surface area contributed by atoms with E-state index in [1.165, 1.54) is 34.8 Å². The van der Waals surface area contributed by atoms with Crippen molar-refractivity contribution < 1.29 is 117 Å². The Morgan fingerprint density at radius 2 is 1.02 bits per heavy atom. The molecule has 0 aromatic rings. The number of carbonyl (C=O) groups excluding carboxylic acids is 6. The number of ether oxygens (including phenoxy) is 9. The van der Waals surface area contributed by atoms with Crippen LogP contribution in [-0.2, 0) is 71.4 Å². The summed E-state index contributed by atoms with van der Waals surface area (Å²) in [5.41, 5.74) is -0.937. The fraction of sp³-hybridized carbons (Fsp3) is 0.893. The number of likely N-dealkylation sites (N-methyl/N-ethyl adjacent to an activating group) is 1. The van der Waals surface area contributed by atoms with Crippen LogP contribution in [0.2, 0.25) is 0 Å². The van der Waals surface area contributed by atoms with Gasteiger partial charge in [-0.05, 0) is 52.5 Å². The van der Waals surface area contributed by atoms with Crippen LogP contribution in [0.5, 0.6) is 0 Å². The number of aliphatic hydroxyl groups excluding tert-OH is 9. The van der Waals surface area contributed by atoms with E-state index in [1.54, 1.807) is 7.05 Å². The second-order valence-electron chi connectivity index (χ2n) is 21.4. The van der Waals surface area contributed by atoms with Crippen molar-refractivity contribution in [2.45, 2.75) is 209 Å². The number of amides is 6. The predicted molar refractivity (Wildman–Crippen MR) is 311 cm³/mol. The molecule has 14 atom stereocenters. The predicted octanol–water partition coefficient (Wildman–Crippen LogP) is -4.08. The minimum atomic E-state index is -1.56. The maximum Gasteiger partial charge on any atom is 0.222 e. The largest absolute Gasteiger partial charge is 0.394 e. The van der Waals surface area contributed by atoms with E-state index >= 15 is 0 Å². The Morgan fingerprint density at radius 3 is 1.44 bits per heavy atom. The highest BCUT2D eigenvalue weighted by Crippen LogP contribution is 2.23. The Labute approximate surface area is 511 Å². The fourth-order valence-corrected chi connectivity index (χ4v) is 8.66. The van der Waals surface area contributed by atoms with E-state index in [2.05, 4.69) is 37.2 Å². The summed E-state index contributed by atoms with van der Waals surface area (Å²) in [6.07, 6.45) is -6.96. The van der Waals surface area contributed by atoms with Gasteiger partial charge in [-0.3, -0.25) is 28.8 Å². The van der Waals surface area contributed by atoms with Gasteiger partial charge in [0, 0.05) is 86.6 Å². The number of methoxy groups -OCH3 is 1. The van der Waals surface area contributed by atoms with Crippen LogP contribution in [0.1, 0.15) is 124 Å². The minimum Gasteiger partial charge on any atom is -0.394 e. The highest BCUT2D eigenvalue weighted by Gasteiger charge is 2.45. The van der Waals surface area contributed by atoms with Gasteiger partial charge in [-0.15, -0.1) is 0 Å². The van der Waals surface area contributed by atoms with Gasteiger partial charge in [0.2, 0.25) is 41.7 Å². The maximum absolute atomic E-state index is 12.7. The highest BCUT2D eigenvalue weighted by molar-refractivity contribution is 5.77. The second-order valence-corrected chi connectivity index (χ2v) is 21.4. The van der Waals surface area contributed by atoms with E-state index in [9.17, 15) is 74.7 Å². The van der Waals surface area contributed by atoms with Gasteiger partial charge < -0.3 is 126 Å². The molecule has 1 rings (SSSR count). The molecule has 0 saturated carbocycles.